The van der Waals surface area contributed by atoms with Crippen molar-refractivity contribution in [3.8, 4) is 0 Å². The molecule has 0 heterocycles. The molecule has 0 saturated carbocycles. The van der Waals surface area contributed by atoms with Gasteiger partial charge >= 0.3 is 0 Å². The maximum atomic E-state index is 12.8. The summed E-state index contributed by atoms with van der Waals surface area (Å²) in [6.07, 6.45) is 0. The van der Waals surface area contributed by atoms with Crippen LogP contribution in [0.25, 0.3) is 0 Å². The molecule has 10 heteroatoms. The topological polar surface area (TPSA) is 83.6 Å². The van der Waals surface area contributed by atoms with Crippen molar-refractivity contribution in [1.82, 2.24) is 4.31 Å². The minimum atomic E-state index is -4.00. The molecule has 6 nitrogen and oxygen atoms in total. The number of nitrogens with zero attached hydrogens (tertiary/aromatic N) is 1. The van der Waals surface area contributed by atoms with E-state index in [0.29, 0.717) is 0 Å². The van der Waals surface area contributed by atoms with E-state index in [1.54, 1.807) is 0 Å². The highest BCUT2D eigenvalue weighted by atomic mass is 35.5. The quantitative estimate of drug-likeness (QED) is 0.530. The van der Waals surface area contributed by atoms with Crippen molar-refractivity contribution in [2.75, 3.05) is 11.8 Å². The first kappa shape index (κ1) is 22.6. The summed E-state index contributed by atoms with van der Waals surface area (Å²) >= 11 is 11.8. The van der Waals surface area contributed by atoms with Crippen LogP contribution in [0.1, 0.15) is 5.56 Å². The third kappa shape index (κ3) is 5.14. The lowest BCUT2D eigenvalue weighted by atomic mass is 10.2. The summed E-state index contributed by atoms with van der Waals surface area (Å²) in [5.41, 5.74) is 1.04. The Morgan fingerprint density at radius 2 is 1.50 bits per heavy atom. The summed E-state index contributed by atoms with van der Waals surface area (Å²) in [4.78, 5) is -0.124. The van der Waals surface area contributed by atoms with Crippen molar-refractivity contribution in [3.63, 3.8) is 0 Å². The Kier molecular flexibility index (Phi) is 6.74. The first-order valence-corrected chi connectivity index (χ1v) is 12.4. The fraction of sp³-hybridized carbons (Fsp3) is 0.100. The van der Waals surface area contributed by atoms with Gasteiger partial charge in [0.15, 0.2) is 0 Å². The van der Waals surface area contributed by atoms with Gasteiger partial charge in [0.1, 0.15) is 4.90 Å². The molecule has 0 unspecified atom stereocenters. The van der Waals surface area contributed by atoms with E-state index in [-0.39, 0.29) is 32.1 Å². The van der Waals surface area contributed by atoms with Gasteiger partial charge in [-0.3, -0.25) is 4.72 Å². The summed E-state index contributed by atoms with van der Waals surface area (Å²) in [6, 6.07) is 18.7. The average molecular weight is 485 g/mol. The van der Waals surface area contributed by atoms with Gasteiger partial charge in [-0.25, -0.2) is 16.8 Å². The second-order valence-corrected chi connectivity index (χ2v) is 11.0. The zero-order valence-electron chi connectivity index (χ0n) is 15.8. The average Bonchev–Trinajstić information content (AvgIpc) is 2.70. The van der Waals surface area contributed by atoms with E-state index in [2.05, 4.69) is 4.72 Å². The van der Waals surface area contributed by atoms with Crippen molar-refractivity contribution < 1.29 is 16.8 Å². The first-order valence-electron chi connectivity index (χ1n) is 8.68. The molecular weight excluding hydrogens is 467 g/mol. The van der Waals surface area contributed by atoms with Gasteiger partial charge in [-0.1, -0.05) is 53.5 Å². The largest absolute Gasteiger partial charge is 0.280 e. The normalized spacial score (nSPS) is 12.1. The van der Waals surface area contributed by atoms with Crippen LogP contribution in [0.2, 0.25) is 10.0 Å². The fourth-order valence-corrected chi connectivity index (χ4v) is 5.67. The van der Waals surface area contributed by atoms with Crippen LogP contribution >= 0.6 is 23.2 Å². The molecular formula is C20H18Cl2N2O4S2. The van der Waals surface area contributed by atoms with E-state index < -0.39 is 20.0 Å². The fourth-order valence-electron chi connectivity index (χ4n) is 2.69. The molecule has 0 amide bonds. The molecule has 3 aromatic rings. The minimum Gasteiger partial charge on any atom is -0.280 e. The van der Waals surface area contributed by atoms with E-state index in [1.165, 1.54) is 53.8 Å². The predicted octanol–water partition coefficient (Wildman–Crippen LogP) is 4.61. The summed E-state index contributed by atoms with van der Waals surface area (Å²) in [5, 5.41) is 0.247. The first-order chi connectivity index (χ1) is 14.1. The molecule has 1 N–H and O–H groups in total. The summed E-state index contributed by atoms with van der Waals surface area (Å²) in [5.74, 6) is 0. The molecule has 0 fully saturated rings. The maximum absolute atomic E-state index is 12.8. The van der Waals surface area contributed by atoms with Crippen molar-refractivity contribution in [2.24, 2.45) is 0 Å². The molecule has 0 aliphatic carbocycles. The molecule has 0 aliphatic heterocycles. The monoisotopic (exact) mass is 484 g/mol. The Labute approximate surface area is 186 Å². The molecule has 0 aromatic heterocycles. The predicted molar refractivity (Wildman–Crippen MR) is 119 cm³/mol. The van der Waals surface area contributed by atoms with Gasteiger partial charge < -0.3 is 0 Å². The van der Waals surface area contributed by atoms with Gasteiger partial charge in [0.05, 0.1) is 9.92 Å². The smallest absolute Gasteiger partial charge is 0.263 e. The molecule has 0 bridgehead atoms. The third-order valence-corrected chi connectivity index (χ3v) is 8.16. The number of benzene rings is 3. The second-order valence-electron chi connectivity index (χ2n) is 6.45. The Bertz CT molecular complexity index is 1250. The molecule has 0 saturated heterocycles. The standard InChI is InChI=1S/C20H18Cl2N2O4S2/c1-24(14-15-5-3-2-4-6-15)30(27,28)18-10-8-17(9-11-18)23-29(25,26)20-13-16(21)7-12-19(20)22/h2-13,23H,14H2,1H3. The Morgan fingerprint density at radius 3 is 2.13 bits per heavy atom. The van der Waals surface area contributed by atoms with Gasteiger partial charge in [-0.05, 0) is 48.0 Å². The van der Waals surface area contributed by atoms with Crippen LogP contribution in [0.3, 0.4) is 0 Å². The number of hydrogen-bond donors (Lipinski definition) is 1. The Morgan fingerprint density at radius 1 is 0.867 bits per heavy atom. The van der Waals surface area contributed by atoms with Gasteiger partial charge in [0.2, 0.25) is 10.0 Å². The molecule has 3 aromatic carbocycles. The SMILES string of the molecule is CN(Cc1ccccc1)S(=O)(=O)c1ccc(NS(=O)(=O)c2cc(Cl)ccc2Cl)cc1. The Balaban J connectivity index is 1.79. The molecule has 0 atom stereocenters. The molecule has 0 radical (unpaired) electrons. The number of halogens is 2. The van der Waals surface area contributed by atoms with Crippen molar-refractivity contribution in [1.29, 1.82) is 0 Å². The lowest BCUT2D eigenvalue weighted by Crippen LogP contribution is -2.26. The number of hydrogen-bond acceptors (Lipinski definition) is 4. The molecule has 158 valence electrons. The van der Waals surface area contributed by atoms with E-state index in [0.717, 1.165) is 5.56 Å². The highest BCUT2D eigenvalue weighted by Gasteiger charge is 2.22. The van der Waals surface area contributed by atoms with Crippen LogP contribution < -0.4 is 4.72 Å². The van der Waals surface area contributed by atoms with Crippen molar-refractivity contribution >= 4 is 48.9 Å². The lowest BCUT2D eigenvalue weighted by molar-refractivity contribution is 0.467. The van der Waals surface area contributed by atoms with Crippen LogP contribution in [-0.4, -0.2) is 28.2 Å². The van der Waals surface area contributed by atoms with E-state index in [9.17, 15) is 16.8 Å². The van der Waals surface area contributed by atoms with E-state index >= 15 is 0 Å². The number of rotatable bonds is 7. The highest BCUT2D eigenvalue weighted by molar-refractivity contribution is 7.92. The maximum Gasteiger partial charge on any atom is 0.263 e. The lowest BCUT2D eigenvalue weighted by Gasteiger charge is -2.17. The summed E-state index contributed by atoms with van der Waals surface area (Å²) < 4.78 is 54.4. The van der Waals surface area contributed by atoms with Gasteiger partial charge in [0, 0.05) is 24.3 Å². The number of sulfonamides is 2. The summed E-state index contributed by atoms with van der Waals surface area (Å²) in [7, 11) is -6.26. The third-order valence-electron chi connectivity index (χ3n) is 4.25. The van der Waals surface area contributed by atoms with Crippen molar-refractivity contribution in [2.45, 2.75) is 16.3 Å². The highest BCUT2D eigenvalue weighted by Crippen LogP contribution is 2.27. The number of nitrogens with one attached hydrogen (secondary N) is 1. The zero-order valence-corrected chi connectivity index (χ0v) is 18.9. The second kappa shape index (κ2) is 8.95. The van der Waals surface area contributed by atoms with E-state index in [4.69, 9.17) is 23.2 Å². The minimum absolute atomic E-state index is 0.0219. The zero-order chi connectivity index (χ0) is 21.9. The van der Waals surface area contributed by atoms with E-state index in [1.807, 2.05) is 30.3 Å². The van der Waals surface area contributed by atoms with Crippen LogP contribution in [0, 0.1) is 0 Å². The van der Waals surface area contributed by atoms with Crippen LogP contribution in [0.15, 0.2) is 82.6 Å². The van der Waals surface area contributed by atoms with Gasteiger partial charge in [-0.15, -0.1) is 0 Å². The molecule has 0 spiro atoms. The van der Waals surface area contributed by atoms with Crippen LogP contribution in [0.4, 0.5) is 5.69 Å². The molecule has 0 aliphatic rings. The van der Waals surface area contributed by atoms with Crippen LogP contribution in [0.5, 0.6) is 0 Å². The van der Waals surface area contributed by atoms with Crippen LogP contribution in [-0.2, 0) is 26.6 Å². The molecule has 30 heavy (non-hydrogen) atoms. The number of anilines is 1. The van der Waals surface area contributed by atoms with Crippen molar-refractivity contribution in [3.05, 3.63) is 88.4 Å². The van der Waals surface area contributed by atoms with Gasteiger partial charge in [0.25, 0.3) is 10.0 Å². The van der Waals surface area contributed by atoms with Gasteiger partial charge in [-0.2, -0.15) is 4.31 Å². The summed E-state index contributed by atoms with van der Waals surface area (Å²) in [6.45, 7) is 0.213. The Hall–Kier alpha value is -2.10. The molecule has 3 rings (SSSR count).